The lowest BCUT2D eigenvalue weighted by Crippen LogP contribution is -2.31. The summed E-state index contributed by atoms with van der Waals surface area (Å²) in [6.45, 7) is 2.53. The number of hydrogen-bond acceptors (Lipinski definition) is 5. The first-order chi connectivity index (χ1) is 7.83. The summed E-state index contributed by atoms with van der Waals surface area (Å²) in [5.41, 5.74) is 0. The van der Waals surface area contributed by atoms with Crippen molar-refractivity contribution in [2.45, 2.75) is 12.7 Å². The second-order valence-corrected chi connectivity index (χ2v) is 5.46. The number of nitrogens with one attached hydrogen (secondary N) is 1. The highest BCUT2D eigenvalue weighted by atomic mass is 32.2. The molecule has 3 nitrogen and oxygen atoms in total. The molecule has 92 valence electrons. The molecule has 16 heavy (non-hydrogen) atoms. The van der Waals surface area contributed by atoms with E-state index in [4.69, 9.17) is 4.74 Å². The van der Waals surface area contributed by atoms with E-state index in [9.17, 15) is 5.11 Å². The van der Waals surface area contributed by atoms with Crippen molar-refractivity contribution in [3.05, 3.63) is 22.4 Å². The molecule has 1 atom stereocenters. The van der Waals surface area contributed by atoms with Crippen LogP contribution in [-0.4, -0.2) is 42.9 Å². The Kier molecular flexibility index (Phi) is 7.88. The molecule has 0 saturated heterocycles. The molecule has 0 aliphatic rings. The van der Waals surface area contributed by atoms with E-state index in [-0.39, 0.29) is 0 Å². The van der Waals surface area contributed by atoms with Crippen LogP contribution < -0.4 is 5.32 Å². The standard InChI is InChI=1S/C11H19NO2S2/c1-15-6-4-12-7-10(13)8-14-9-11-3-2-5-16-11/h2-3,5,10,12-13H,4,6-9H2,1H3. The first-order valence-electron chi connectivity index (χ1n) is 5.30. The van der Waals surface area contributed by atoms with Gasteiger partial charge >= 0.3 is 0 Å². The smallest absolute Gasteiger partial charge is 0.0897 e. The van der Waals surface area contributed by atoms with E-state index in [2.05, 4.69) is 11.6 Å². The third-order valence-corrected chi connectivity index (χ3v) is 3.46. The first-order valence-corrected chi connectivity index (χ1v) is 7.58. The molecule has 1 rings (SSSR count). The molecule has 0 spiro atoms. The lowest BCUT2D eigenvalue weighted by atomic mass is 10.4. The molecule has 0 radical (unpaired) electrons. The van der Waals surface area contributed by atoms with E-state index in [0.717, 1.165) is 12.3 Å². The summed E-state index contributed by atoms with van der Waals surface area (Å²) in [6.07, 6.45) is 1.66. The Morgan fingerprint density at radius 2 is 2.50 bits per heavy atom. The van der Waals surface area contributed by atoms with Crippen LogP contribution in [0.4, 0.5) is 0 Å². The monoisotopic (exact) mass is 261 g/mol. The van der Waals surface area contributed by atoms with Crippen LogP contribution in [0.1, 0.15) is 4.88 Å². The minimum Gasteiger partial charge on any atom is -0.389 e. The van der Waals surface area contributed by atoms with Crippen LogP contribution in [0.2, 0.25) is 0 Å². The number of rotatable bonds is 9. The molecule has 1 heterocycles. The fourth-order valence-corrected chi connectivity index (χ4v) is 2.18. The topological polar surface area (TPSA) is 41.5 Å². The number of thioether (sulfide) groups is 1. The van der Waals surface area contributed by atoms with Gasteiger partial charge in [-0.05, 0) is 17.7 Å². The van der Waals surface area contributed by atoms with Gasteiger partial charge in [0, 0.05) is 23.7 Å². The average Bonchev–Trinajstić information content (AvgIpc) is 2.77. The molecule has 1 unspecified atom stereocenters. The molecule has 0 aliphatic heterocycles. The zero-order valence-corrected chi connectivity index (χ0v) is 11.1. The summed E-state index contributed by atoms with van der Waals surface area (Å²) in [5.74, 6) is 1.07. The fraction of sp³-hybridized carbons (Fsp3) is 0.636. The number of hydrogen-bond donors (Lipinski definition) is 2. The van der Waals surface area contributed by atoms with Crippen LogP contribution in [0.25, 0.3) is 0 Å². The maximum Gasteiger partial charge on any atom is 0.0897 e. The Balaban J connectivity index is 1.95. The molecule has 5 heteroatoms. The van der Waals surface area contributed by atoms with Crippen molar-refractivity contribution in [1.29, 1.82) is 0 Å². The highest BCUT2D eigenvalue weighted by Gasteiger charge is 2.03. The molecule has 1 aromatic rings. The van der Waals surface area contributed by atoms with Gasteiger partial charge in [-0.3, -0.25) is 0 Å². The van der Waals surface area contributed by atoms with Gasteiger partial charge in [-0.2, -0.15) is 11.8 Å². The van der Waals surface area contributed by atoms with Crippen molar-refractivity contribution in [3.8, 4) is 0 Å². The van der Waals surface area contributed by atoms with E-state index in [1.165, 1.54) is 4.88 Å². The Hall–Kier alpha value is -0.0700. The van der Waals surface area contributed by atoms with Crippen LogP contribution in [0.3, 0.4) is 0 Å². The van der Waals surface area contributed by atoms with Crippen LogP contribution in [0, 0.1) is 0 Å². The summed E-state index contributed by atoms with van der Waals surface area (Å²) < 4.78 is 5.41. The van der Waals surface area contributed by atoms with Gasteiger partial charge in [0.1, 0.15) is 0 Å². The minimum absolute atomic E-state index is 0.393. The predicted molar refractivity (Wildman–Crippen MR) is 71.2 cm³/mol. The van der Waals surface area contributed by atoms with Crippen molar-refractivity contribution in [3.63, 3.8) is 0 Å². The van der Waals surface area contributed by atoms with Gasteiger partial charge in [0.2, 0.25) is 0 Å². The maximum absolute atomic E-state index is 9.59. The third-order valence-electron chi connectivity index (χ3n) is 2.00. The molecule has 0 aliphatic carbocycles. The highest BCUT2D eigenvalue weighted by Crippen LogP contribution is 2.09. The first kappa shape index (κ1) is 14.0. The summed E-state index contributed by atoms with van der Waals surface area (Å²) >= 11 is 3.47. The lowest BCUT2D eigenvalue weighted by molar-refractivity contribution is 0.0301. The molecular formula is C11H19NO2S2. The Morgan fingerprint density at radius 1 is 1.62 bits per heavy atom. The molecule has 0 bridgehead atoms. The lowest BCUT2D eigenvalue weighted by Gasteiger charge is -2.11. The summed E-state index contributed by atoms with van der Waals surface area (Å²) in [7, 11) is 0. The van der Waals surface area contributed by atoms with E-state index in [1.807, 2.05) is 17.5 Å². The number of thiophene rings is 1. The van der Waals surface area contributed by atoms with Crippen LogP contribution in [0.5, 0.6) is 0 Å². The average molecular weight is 261 g/mol. The Labute approximate surface area is 105 Å². The van der Waals surface area contributed by atoms with E-state index in [1.54, 1.807) is 23.1 Å². The molecule has 2 N–H and O–H groups in total. The predicted octanol–water partition coefficient (Wildman–Crippen LogP) is 1.58. The van der Waals surface area contributed by atoms with Gasteiger partial charge in [0.25, 0.3) is 0 Å². The largest absolute Gasteiger partial charge is 0.389 e. The molecule has 0 amide bonds. The third kappa shape index (κ3) is 6.50. The van der Waals surface area contributed by atoms with Gasteiger partial charge in [-0.1, -0.05) is 6.07 Å². The van der Waals surface area contributed by atoms with Crippen molar-refractivity contribution in [2.75, 3.05) is 31.7 Å². The van der Waals surface area contributed by atoms with Gasteiger partial charge < -0.3 is 15.2 Å². The molecule has 1 aromatic heterocycles. The van der Waals surface area contributed by atoms with Gasteiger partial charge in [0.05, 0.1) is 19.3 Å². The second-order valence-electron chi connectivity index (χ2n) is 3.45. The number of aliphatic hydroxyl groups is 1. The summed E-state index contributed by atoms with van der Waals surface area (Å²) in [5, 5.41) is 14.8. The van der Waals surface area contributed by atoms with Gasteiger partial charge in [0.15, 0.2) is 0 Å². The van der Waals surface area contributed by atoms with Crippen molar-refractivity contribution in [2.24, 2.45) is 0 Å². The fourth-order valence-electron chi connectivity index (χ4n) is 1.19. The molecule has 0 saturated carbocycles. The van der Waals surface area contributed by atoms with E-state index < -0.39 is 6.10 Å². The van der Waals surface area contributed by atoms with Crippen LogP contribution >= 0.6 is 23.1 Å². The Morgan fingerprint density at radius 3 is 3.19 bits per heavy atom. The summed E-state index contributed by atoms with van der Waals surface area (Å²) in [6, 6.07) is 4.04. The zero-order valence-electron chi connectivity index (χ0n) is 9.52. The molecule has 0 aromatic carbocycles. The van der Waals surface area contributed by atoms with E-state index in [0.29, 0.717) is 19.8 Å². The molecule has 0 fully saturated rings. The molecular weight excluding hydrogens is 242 g/mol. The van der Waals surface area contributed by atoms with Crippen molar-refractivity contribution < 1.29 is 9.84 Å². The number of ether oxygens (including phenoxy) is 1. The van der Waals surface area contributed by atoms with Gasteiger partial charge in [-0.15, -0.1) is 11.3 Å². The highest BCUT2D eigenvalue weighted by molar-refractivity contribution is 7.98. The summed E-state index contributed by atoms with van der Waals surface area (Å²) in [4.78, 5) is 1.20. The Bertz CT molecular complexity index is 254. The normalized spacial score (nSPS) is 12.9. The number of aliphatic hydroxyl groups excluding tert-OH is 1. The van der Waals surface area contributed by atoms with Crippen LogP contribution in [-0.2, 0) is 11.3 Å². The second kappa shape index (κ2) is 9.01. The quantitative estimate of drug-likeness (QED) is 0.662. The minimum atomic E-state index is -0.415. The van der Waals surface area contributed by atoms with Crippen molar-refractivity contribution in [1.82, 2.24) is 5.32 Å². The zero-order chi connectivity index (χ0) is 11.6. The maximum atomic E-state index is 9.59. The SMILES string of the molecule is CSCCNCC(O)COCc1cccs1. The van der Waals surface area contributed by atoms with E-state index >= 15 is 0 Å². The van der Waals surface area contributed by atoms with Crippen molar-refractivity contribution >= 4 is 23.1 Å². The van der Waals surface area contributed by atoms with Gasteiger partial charge in [-0.25, -0.2) is 0 Å². The van der Waals surface area contributed by atoms with Crippen LogP contribution in [0.15, 0.2) is 17.5 Å².